The van der Waals surface area contributed by atoms with Gasteiger partial charge in [0.25, 0.3) is 0 Å². The molecule has 0 aliphatic carbocycles. The molecule has 0 unspecified atom stereocenters. The molecule has 2 aromatic rings. The van der Waals surface area contributed by atoms with E-state index in [1.54, 1.807) is 25.3 Å². The van der Waals surface area contributed by atoms with Crippen molar-refractivity contribution in [2.45, 2.75) is 0 Å². The van der Waals surface area contributed by atoms with Crippen molar-refractivity contribution < 1.29 is 19.4 Å². The van der Waals surface area contributed by atoms with Gasteiger partial charge in [0, 0.05) is 6.07 Å². The summed E-state index contributed by atoms with van der Waals surface area (Å²) in [4.78, 5) is 10.6. The minimum atomic E-state index is -1.13. The zero-order valence-corrected chi connectivity index (χ0v) is 11.4. The lowest BCUT2D eigenvalue weighted by Crippen LogP contribution is -2.02. The minimum absolute atomic E-state index is 0.138. The highest BCUT2D eigenvalue weighted by Gasteiger charge is 2.08. The van der Waals surface area contributed by atoms with Gasteiger partial charge in [-0.3, -0.25) is 0 Å². The molecule has 0 saturated carbocycles. The van der Waals surface area contributed by atoms with Gasteiger partial charge < -0.3 is 14.6 Å². The standard InChI is InChI=1S/C12H9BrN2O4/c1-18-7-2-4-10(8(13)6-7)19-11-5-3-9(12(16)17)14-15-11/h2-6H,1H3,(H,16,17). The smallest absolute Gasteiger partial charge is 0.356 e. The van der Waals surface area contributed by atoms with Crippen molar-refractivity contribution in [3.05, 3.63) is 40.5 Å². The fraction of sp³-hybridized carbons (Fsp3) is 0.0833. The number of aromatic nitrogens is 2. The largest absolute Gasteiger partial charge is 0.497 e. The SMILES string of the molecule is COc1ccc(Oc2ccc(C(=O)O)nn2)c(Br)c1. The van der Waals surface area contributed by atoms with Gasteiger partial charge in [-0.25, -0.2) is 4.79 Å². The van der Waals surface area contributed by atoms with Crippen molar-refractivity contribution in [1.82, 2.24) is 10.2 Å². The molecule has 0 bridgehead atoms. The molecule has 0 amide bonds. The third-order valence-electron chi connectivity index (χ3n) is 2.21. The molecule has 0 fully saturated rings. The summed E-state index contributed by atoms with van der Waals surface area (Å²) in [7, 11) is 1.57. The van der Waals surface area contributed by atoms with Crippen LogP contribution in [0.25, 0.3) is 0 Å². The monoisotopic (exact) mass is 324 g/mol. The first-order valence-electron chi connectivity index (χ1n) is 5.18. The van der Waals surface area contributed by atoms with Crippen LogP contribution in [0.3, 0.4) is 0 Å². The maximum absolute atomic E-state index is 10.6. The highest BCUT2D eigenvalue weighted by molar-refractivity contribution is 9.10. The first kappa shape index (κ1) is 13.3. The summed E-state index contributed by atoms with van der Waals surface area (Å²) in [6.45, 7) is 0. The fourth-order valence-electron chi connectivity index (χ4n) is 1.29. The van der Waals surface area contributed by atoms with Crippen LogP contribution in [-0.4, -0.2) is 28.4 Å². The summed E-state index contributed by atoms with van der Waals surface area (Å²) >= 11 is 3.34. The summed E-state index contributed by atoms with van der Waals surface area (Å²) in [6, 6.07) is 7.94. The second-order valence-corrected chi connectivity index (χ2v) is 4.31. The van der Waals surface area contributed by atoms with Crippen LogP contribution in [0.4, 0.5) is 0 Å². The van der Waals surface area contributed by atoms with E-state index in [1.807, 2.05) is 0 Å². The van der Waals surface area contributed by atoms with Crippen molar-refractivity contribution in [3.63, 3.8) is 0 Å². The van der Waals surface area contributed by atoms with Crippen LogP contribution in [0.5, 0.6) is 17.4 Å². The lowest BCUT2D eigenvalue weighted by Gasteiger charge is -2.07. The number of methoxy groups -OCH3 is 1. The predicted octanol–water partition coefficient (Wildman–Crippen LogP) is 2.74. The average molecular weight is 325 g/mol. The summed E-state index contributed by atoms with van der Waals surface area (Å²) in [5.41, 5.74) is -0.138. The first-order chi connectivity index (χ1) is 9.10. The van der Waals surface area contributed by atoms with Gasteiger partial charge in [0.2, 0.25) is 5.88 Å². The lowest BCUT2D eigenvalue weighted by atomic mass is 10.3. The van der Waals surface area contributed by atoms with E-state index < -0.39 is 5.97 Å². The molecule has 1 heterocycles. The Balaban J connectivity index is 2.19. The average Bonchev–Trinajstić information content (AvgIpc) is 2.41. The Labute approximate surface area is 117 Å². The van der Waals surface area contributed by atoms with Gasteiger partial charge in [-0.15, -0.1) is 10.2 Å². The highest BCUT2D eigenvalue weighted by Crippen LogP contribution is 2.31. The predicted molar refractivity (Wildman–Crippen MR) is 69.8 cm³/mol. The Morgan fingerprint density at radius 1 is 1.26 bits per heavy atom. The van der Waals surface area contributed by atoms with E-state index in [0.717, 1.165) is 0 Å². The van der Waals surface area contributed by atoms with Crippen LogP contribution in [0.15, 0.2) is 34.8 Å². The first-order valence-corrected chi connectivity index (χ1v) is 5.98. The molecule has 6 nitrogen and oxygen atoms in total. The van der Waals surface area contributed by atoms with E-state index >= 15 is 0 Å². The molecule has 1 aromatic carbocycles. The second-order valence-electron chi connectivity index (χ2n) is 3.46. The topological polar surface area (TPSA) is 81.5 Å². The third kappa shape index (κ3) is 3.19. The molecular formula is C12H9BrN2O4. The molecule has 0 saturated heterocycles. The summed E-state index contributed by atoms with van der Waals surface area (Å²) in [5, 5.41) is 15.9. The van der Waals surface area contributed by atoms with Crippen LogP contribution in [0, 0.1) is 0 Å². The van der Waals surface area contributed by atoms with Crippen molar-refractivity contribution in [2.24, 2.45) is 0 Å². The maximum atomic E-state index is 10.6. The lowest BCUT2D eigenvalue weighted by molar-refractivity contribution is 0.0689. The quantitative estimate of drug-likeness (QED) is 0.931. The zero-order valence-electron chi connectivity index (χ0n) is 9.83. The van der Waals surface area contributed by atoms with Gasteiger partial charge in [0.1, 0.15) is 11.5 Å². The van der Waals surface area contributed by atoms with Crippen LogP contribution in [0.2, 0.25) is 0 Å². The molecule has 7 heteroatoms. The normalized spacial score (nSPS) is 10.0. The number of carbonyl (C=O) groups is 1. The van der Waals surface area contributed by atoms with Crippen LogP contribution < -0.4 is 9.47 Å². The van der Waals surface area contributed by atoms with E-state index in [0.29, 0.717) is 16.0 Å². The molecule has 2 rings (SSSR count). The number of halogens is 1. The number of ether oxygens (including phenoxy) is 2. The van der Waals surface area contributed by atoms with E-state index in [2.05, 4.69) is 26.1 Å². The molecular weight excluding hydrogens is 316 g/mol. The Kier molecular flexibility index (Phi) is 3.96. The molecule has 0 atom stereocenters. The second kappa shape index (κ2) is 5.66. The number of nitrogens with zero attached hydrogens (tertiary/aromatic N) is 2. The van der Waals surface area contributed by atoms with Crippen molar-refractivity contribution in [2.75, 3.05) is 7.11 Å². The molecule has 0 aliphatic heterocycles. The molecule has 0 spiro atoms. The third-order valence-corrected chi connectivity index (χ3v) is 2.83. The number of rotatable bonds is 4. The maximum Gasteiger partial charge on any atom is 0.356 e. The van der Waals surface area contributed by atoms with Crippen LogP contribution >= 0.6 is 15.9 Å². The number of benzene rings is 1. The van der Waals surface area contributed by atoms with Gasteiger partial charge in [0.15, 0.2) is 5.69 Å². The van der Waals surface area contributed by atoms with Gasteiger partial charge >= 0.3 is 5.97 Å². The number of hydrogen-bond donors (Lipinski definition) is 1. The zero-order chi connectivity index (χ0) is 13.8. The molecule has 98 valence electrons. The van der Waals surface area contributed by atoms with Crippen LogP contribution in [0.1, 0.15) is 10.5 Å². The van der Waals surface area contributed by atoms with Crippen LogP contribution in [-0.2, 0) is 0 Å². The summed E-state index contributed by atoms with van der Waals surface area (Å²) in [6.07, 6.45) is 0. The Hall–Kier alpha value is -2.15. The van der Waals surface area contributed by atoms with E-state index in [9.17, 15) is 4.79 Å². The van der Waals surface area contributed by atoms with Crippen molar-refractivity contribution in [1.29, 1.82) is 0 Å². The van der Waals surface area contributed by atoms with E-state index in [4.69, 9.17) is 14.6 Å². The van der Waals surface area contributed by atoms with Crippen molar-refractivity contribution >= 4 is 21.9 Å². The number of hydrogen-bond acceptors (Lipinski definition) is 5. The molecule has 1 aromatic heterocycles. The van der Waals surface area contributed by atoms with E-state index in [1.165, 1.54) is 12.1 Å². The number of carboxylic acids is 1. The van der Waals surface area contributed by atoms with Gasteiger partial charge in [0.05, 0.1) is 11.6 Å². The summed E-state index contributed by atoms with van der Waals surface area (Å²) in [5.74, 6) is 0.283. The summed E-state index contributed by atoms with van der Waals surface area (Å²) < 4.78 is 11.2. The van der Waals surface area contributed by atoms with Gasteiger partial charge in [-0.2, -0.15) is 0 Å². The number of aromatic carboxylic acids is 1. The highest BCUT2D eigenvalue weighted by atomic mass is 79.9. The Bertz CT molecular complexity index is 601. The van der Waals surface area contributed by atoms with Gasteiger partial charge in [-0.05, 0) is 40.2 Å². The van der Waals surface area contributed by atoms with E-state index in [-0.39, 0.29) is 11.6 Å². The number of carboxylic acid groups (broad SMARTS) is 1. The molecule has 0 aliphatic rings. The van der Waals surface area contributed by atoms with Crippen molar-refractivity contribution in [3.8, 4) is 17.4 Å². The Morgan fingerprint density at radius 3 is 2.58 bits per heavy atom. The molecule has 0 radical (unpaired) electrons. The molecule has 19 heavy (non-hydrogen) atoms. The fourth-order valence-corrected chi connectivity index (χ4v) is 1.73. The Morgan fingerprint density at radius 2 is 2.05 bits per heavy atom. The molecule has 1 N–H and O–H groups in total. The minimum Gasteiger partial charge on any atom is -0.497 e. The van der Waals surface area contributed by atoms with Gasteiger partial charge in [-0.1, -0.05) is 0 Å².